The molecule has 1 aliphatic rings. The van der Waals surface area contributed by atoms with E-state index >= 15 is 0 Å². The Balaban J connectivity index is 2.07. The normalized spacial score (nSPS) is 19.3. The molecular formula is C12H13ClN4. The first-order valence-corrected chi connectivity index (χ1v) is 5.97. The van der Waals surface area contributed by atoms with E-state index in [0.29, 0.717) is 5.15 Å². The summed E-state index contributed by atoms with van der Waals surface area (Å²) in [4.78, 5) is 8.41. The van der Waals surface area contributed by atoms with E-state index in [1.807, 2.05) is 12.3 Å². The van der Waals surface area contributed by atoms with Gasteiger partial charge in [-0.1, -0.05) is 17.7 Å². The number of halogens is 1. The molecule has 0 fully saturated rings. The lowest BCUT2D eigenvalue weighted by atomic mass is 9.92. The van der Waals surface area contributed by atoms with Gasteiger partial charge in [0.05, 0.1) is 0 Å². The molecule has 5 heteroatoms. The van der Waals surface area contributed by atoms with Crippen LogP contribution in [0.3, 0.4) is 0 Å². The fourth-order valence-corrected chi connectivity index (χ4v) is 2.12. The summed E-state index contributed by atoms with van der Waals surface area (Å²) in [5.41, 5.74) is 1.12. The van der Waals surface area contributed by atoms with Crippen LogP contribution in [0.4, 0.5) is 0 Å². The zero-order chi connectivity index (χ0) is 12.1. The molecular weight excluding hydrogens is 236 g/mol. The van der Waals surface area contributed by atoms with Crippen LogP contribution in [0.1, 0.15) is 18.4 Å². The Labute approximate surface area is 105 Å². The average molecular weight is 249 g/mol. The maximum Gasteiger partial charge on any atom is 0.182 e. The molecule has 1 aromatic rings. The highest BCUT2D eigenvalue weighted by molar-refractivity contribution is 6.29. The Kier molecular flexibility index (Phi) is 3.94. The quantitative estimate of drug-likeness (QED) is 0.496. The van der Waals surface area contributed by atoms with E-state index in [1.165, 1.54) is 0 Å². The van der Waals surface area contributed by atoms with E-state index in [9.17, 15) is 0 Å². The predicted octanol–water partition coefficient (Wildman–Crippen LogP) is 2.16. The first kappa shape index (κ1) is 11.9. The number of aliphatic imine (C=N–C) groups is 1. The van der Waals surface area contributed by atoms with Crippen LogP contribution in [0.5, 0.6) is 0 Å². The van der Waals surface area contributed by atoms with Crippen LogP contribution < -0.4 is 5.32 Å². The molecule has 0 aromatic carbocycles. The Morgan fingerprint density at radius 2 is 2.41 bits per heavy atom. The van der Waals surface area contributed by atoms with Gasteiger partial charge in [0, 0.05) is 18.7 Å². The summed E-state index contributed by atoms with van der Waals surface area (Å²) in [5.74, 6) is 1.08. The molecule has 4 nitrogen and oxygen atoms in total. The number of aromatic nitrogens is 1. The van der Waals surface area contributed by atoms with Crippen molar-refractivity contribution in [2.24, 2.45) is 10.9 Å². The second-order valence-electron chi connectivity index (χ2n) is 4.04. The monoisotopic (exact) mass is 248 g/mol. The molecule has 0 unspecified atom stereocenters. The lowest BCUT2D eigenvalue weighted by molar-refractivity contribution is 0.553. The van der Waals surface area contributed by atoms with Crippen molar-refractivity contribution < 1.29 is 0 Å². The van der Waals surface area contributed by atoms with Crippen LogP contribution in [-0.4, -0.2) is 17.4 Å². The summed E-state index contributed by atoms with van der Waals surface area (Å²) in [7, 11) is 0. The molecule has 0 spiro atoms. The van der Waals surface area contributed by atoms with E-state index in [0.717, 1.165) is 37.2 Å². The minimum atomic E-state index is 0.284. The Bertz CT molecular complexity index is 447. The van der Waals surface area contributed by atoms with Gasteiger partial charge in [0.2, 0.25) is 0 Å². The van der Waals surface area contributed by atoms with E-state index in [-0.39, 0.29) is 5.92 Å². The van der Waals surface area contributed by atoms with E-state index in [1.54, 1.807) is 12.3 Å². The van der Waals surface area contributed by atoms with Gasteiger partial charge in [-0.15, -0.1) is 0 Å². The minimum Gasteiger partial charge on any atom is -0.280 e. The summed E-state index contributed by atoms with van der Waals surface area (Å²) in [5, 5.41) is 11.8. The van der Waals surface area contributed by atoms with Crippen molar-refractivity contribution in [1.29, 1.82) is 5.26 Å². The number of hydrogen-bond acceptors (Lipinski definition) is 4. The van der Waals surface area contributed by atoms with Gasteiger partial charge in [0.15, 0.2) is 6.19 Å². The largest absolute Gasteiger partial charge is 0.280 e. The Morgan fingerprint density at radius 3 is 3.12 bits per heavy atom. The Morgan fingerprint density at radius 1 is 1.53 bits per heavy atom. The third-order valence-corrected chi connectivity index (χ3v) is 3.06. The van der Waals surface area contributed by atoms with Gasteiger partial charge in [0.1, 0.15) is 11.0 Å². The Hall–Kier alpha value is -1.60. The van der Waals surface area contributed by atoms with Crippen molar-refractivity contribution in [3.05, 3.63) is 29.0 Å². The minimum absolute atomic E-state index is 0.284. The maximum atomic E-state index is 8.67. The van der Waals surface area contributed by atoms with Crippen LogP contribution in [-0.2, 0) is 6.42 Å². The third-order valence-electron chi connectivity index (χ3n) is 2.83. The molecule has 1 atom stereocenters. The second-order valence-corrected chi connectivity index (χ2v) is 4.42. The SMILES string of the molecule is N#CNC1=NCCC[C@@H]1Cc1ccc(Cl)nc1. The fourth-order valence-electron chi connectivity index (χ4n) is 2.01. The van der Waals surface area contributed by atoms with E-state index < -0.39 is 0 Å². The number of nitrogens with zero attached hydrogens (tertiary/aromatic N) is 3. The van der Waals surface area contributed by atoms with Crippen LogP contribution in [0.15, 0.2) is 23.3 Å². The molecule has 17 heavy (non-hydrogen) atoms. The van der Waals surface area contributed by atoms with Gasteiger partial charge >= 0.3 is 0 Å². The van der Waals surface area contributed by atoms with Crippen LogP contribution >= 0.6 is 11.6 Å². The van der Waals surface area contributed by atoms with Crippen molar-refractivity contribution in [2.75, 3.05) is 6.54 Å². The summed E-state index contributed by atoms with van der Waals surface area (Å²) >= 11 is 5.74. The molecule has 88 valence electrons. The topological polar surface area (TPSA) is 61.1 Å². The van der Waals surface area contributed by atoms with Crippen LogP contribution in [0.2, 0.25) is 5.15 Å². The molecule has 0 saturated carbocycles. The molecule has 0 radical (unpaired) electrons. The van der Waals surface area contributed by atoms with E-state index in [2.05, 4.69) is 15.3 Å². The molecule has 1 aliphatic heterocycles. The van der Waals surface area contributed by atoms with Gasteiger partial charge in [-0.3, -0.25) is 10.3 Å². The molecule has 0 aliphatic carbocycles. The zero-order valence-corrected chi connectivity index (χ0v) is 10.1. The summed E-state index contributed by atoms with van der Waals surface area (Å²) in [6.45, 7) is 0.805. The summed E-state index contributed by atoms with van der Waals surface area (Å²) in [6.07, 6.45) is 6.69. The van der Waals surface area contributed by atoms with Crippen molar-refractivity contribution >= 4 is 17.4 Å². The van der Waals surface area contributed by atoms with Crippen LogP contribution in [0, 0.1) is 17.4 Å². The van der Waals surface area contributed by atoms with Gasteiger partial charge in [-0.2, -0.15) is 5.26 Å². The highest BCUT2D eigenvalue weighted by atomic mass is 35.5. The number of pyridine rings is 1. The smallest absolute Gasteiger partial charge is 0.182 e. The number of hydrogen-bond donors (Lipinski definition) is 1. The first-order valence-electron chi connectivity index (χ1n) is 5.59. The first-order chi connectivity index (χ1) is 8.29. The van der Waals surface area contributed by atoms with Crippen molar-refractivity contribution in [3.8, 4) is 6.19 Å². The standard InChI is InChI=1S/C12H13ClN4/c13-11-4-3-9(7-16-11)6-10-2-1-5-15-12(10)17-8-14/h3-4,7,10H,1-2,5-6H2,(H,15,17)/t10-/m1/s1. The predicted molar refractivity (Wildman–Crippen MR) is 66.7 cm³/mol. The van der Waals surface area contributed by atoms with Gasteiger partial charge in [-0.25, -0.2) is 4.98 Å². The number of rotatable bonds is 2. The number of nitrogens with one attached hydrogen (secondary N) is 1. The van der Waals surface area contributed by atoms with Gasteiger partial charge < -0.3 is 0 Å². The number of nitriles is 1. The second kappa shape index (κ2) is 5.65. The molecule has 0 saturated heterocycles. The average Bonchev–Trinajstić information content (AvgIpc) is 2.35. The molecule has 1 N–H and O–H groups in total. The highest BCUT2D eigenvalue weighted by Gasteiger charge is 2.19. The van der Waals surface area contributed by atoms with Crippen LogP contribution in [0.25, 0.3) is 0 Å². The van der Waals surface area contributed by atoms with Crippen molar-refractivity contribution in [2.45, 2.75) is 19.3 Å². The summed E-state index contributed by atoms with van der Waals surface area (Å²) < 4.78 is 0. The molecule has 2 rings (SSSR count). The lowest BCUT2D eigenvalue weighted by Gasteiger charge is -2.21. The lowest BCUT2D eigenvalue weighted by Crippen LogP contribution is -2.32. The zero-order valence-electron chi connectivity index (χ0n) is 9.36. The summed E-state index contributed by atoms with van der Waals surface area (Å²) in [6, 6.07) is 3.75. The van der Waals surface area contributed by atoms with Gasteiger partial charge in [0.25, 0.3) is 0 Å². The fraction of sp³-hybridized carbons (Fsp3) is 0.417. The third kappa shape index (κ3) is 3.18. The molecule has 1 aromatic heterocycles. The highest BCUT2D eigenvalue weighted by Crippen LogP contribution is 2.19. The van der Waals surface area contributed by atoms with E-state index in [4.69, 9.17) is 16.9 Å². The molecule has 0 bridgehead atoms. The van der Waals surface area contributed by atoms with Crippen molar-refractivity contribution in [3.63, 3.8) is 0 Å². The molecule has 2 heterocycles. The van der Waals surface area contributed by atoms with Gasteiger partial charge in [-0.05, 0) is 30.9 Å². The maximum absolute atomic E-state index is 8.67. The number of amidine groups is 1. The molecule has 0 amide bonds. The van der Waals surface area contributed by atoms with Crippen molar-refractivity contribution in [1.82, 2.24) is 10.3 Å².